The first-order chi connectivity index (χ1) is 53.9. The SMILES string of the molecule is [C-]#[N+]/C(C(=O)OCC(COC(=O)/C(C#N)=C1\CC(C)(C)CC(N2CCCC2)=C1C(=O)OCCCCO)(COC(=O)/C(C#N)=C1\CC(C)(C)CC(N2CCCC2)=C1C(=O)OCCCCO)COC(=O)/C([N+]#[C-])=C1/CC(C)(C)CC(N2CCCC2)=C1C(=O)OCCCCO)=C1/CC(C)(C)CC(N2CCCC2)=C1C(=O)OCCCCO. The van der Waals surface area contributed by atoms with E-state index in [-0.39, 0.29) is 123 Å². The summed E-state index contributed by atoms with van der Waals surface area (Å²) in [5.41, 5.74) is -5.98. The van der Waals surface area contributed by atoms with E-state index in [0.29, 0.717) is 152 Å². The third-order valence-electron chi connectivity index (χ3n) is 21.9. The maximum atomic E-state index is 15.6. The lowest BCUT2D eigenvalue weighted by atomic mass is 9.72. The maximum absolute atomic E-state index is 15.6. The first-order valence-electron chi connectivity index (χ1n) is 40.2. The number of rotatable bonds is 36. The monoisotopic (exact) mass is 1570 g/mol. The molecule has 4 aliphatic carbocycles. The molecule has 616 valence electrons. The second-order valence-corrected chi connectivity index (χ2v) is 34.0. The summed E-state index contributed by atoms with van der Waals surface area (Å²) in [5, 5.41) is 61.3. The number of aliphatic hydroxyl groups is 4. The highest BCUT2D eigenvalue weighted by atomic mass is 16.6. The van der Waals surface area contributed by atoms with E-state index >= 15 is 19.2 Å². The number of ether oxygens (including phenoxy) is 8. The van der Waals surface area contributed by atoms with Gasteiger partial charge in [0.05, 0.1) is 61.9 Å². The highest BCUT2D eigenvalue weighted by molar-refractivity contribution is 6.04. The van der Waals surface area contributed by atoms with Crippen molar-refractivity contribution in [2.24, 2.45) is 27.1 Å². The number of carbonyl (C=O) groups is 8. The van der Waals surface area contributed by atoms with Gasteiger partial charge in [0, 0.05) is 102 Å². The Labute approximate surface area is 664 Å². The van der Waals surface area contributed by atoms with Crippen molar-refractivity contribution in [3.63, 3.8) is 0 Å². The quantitative estimate of drug-likeness (QED) is 0.0113. The van der Waals surface area contributed by atoms with Gasteiger partial charge >= 0.3 is 47.8 Å². The smallest absolute Gasteiger partial charge is 0.349 e. The van der Waals surface area contributed by atoms with E-state index in [1.165, 1.54) is 0 Å². The lowest BCUT2D eigenvalue weighted by molar-refractivity contribution is -0.165. The Morgan fingerprint density at radius 1 is 0.354 bits per heavy atom. The second kappa shape index (κ2) is 41.1. The molecule has 8 rings (SSSR count). The topological polar surface area (TPSA) is 361 Å². The number of aliphatic hydroxyl groups excluding tert-OH is 4. The molecule has 4 N–H and O–H groups in total. The Hall–Kier alpha value is -9.32. The van der Waals surface area contributed by atoms with Gasteiger partial charge in [-0.1, -0.05) is 55.4 Å². The molecule has 0 amide bonds. The van der Waals surface area contributed by atoms with Gasteiger partial charge in [-0.05, 0) is 198 Å². The summed E-state index contributed by atoms with van der Waals surface area (Å²) in [6, 6.07) is 3.99. The maximum Gasteiger partial charge on any atom is 0.349 e. The molecule has 0 bridgehead atoms. The predicted molar refractivity (Wildman–Crippen MR) is 411 cm³/mol. The molecular formula is C85H116N8O20. The first kappa shape index (κ1) is 89.2. The minimum Gasteiger partial charge on any atom is -0.470 e. The van der Waals surface area contributed by atoms with Crippen molar-refractivity contribution in [2.75, 3.05) is 132 Å². The van der Waals surface area contributed by atoms with Crippen LogP contribution in [0.15, 0.2) is 89.9 Å². The zero-order valence-corrected chi connectivity index (χ0v) is 67.5. The number of unbranched alkanes of at least 4 members (excludes halogenated alkanes) is 4. The van der Waals surface area contributed by atoms with E-state index in [9.17, 15) is 50.1 Å². The van der Waals surface area contributed by atoms with Crippen LogP contribution in [0.4, 0.5) is 0 Å². The first-order valence-corrected chi connectivity index (χ1v) is 40.2. The van der Waals surface area contributed by atoms with E-state index in [0.717, 1.165) is 51.4 Å². The molecule has 0 aromatic carbocycles. The Kier molecular flexibility index (Phi) is 32.5. The highest BCUT2D eigenvalue weighted by Gasteiger charge is 2.48. The summed E-state index contributed by atoms with van der Waals surface area (Å²) in [6.45, 7) is 31.6. The molecule has 0 aromatic rings. The van der Waals surface area contributed by atoms with Crippen LogP contribution in [0.3, 0.4) is 0 Å². The molecule has 4 aliphatic heterocycles. The molecule has 4 heterocycles. The van der Waals surface area contributed by atoms with E-state index < -0.39 is 124 Å². The van der Waals surface area contributed by atoms with E-state index in [1.54, 1.807) is 0 Å². The fraction of sp³-hybridized carbons (Fsp3) is 0.671. The average Bonchev–Trinajstić information content (AvgIpc) is 1.62. The van der Waals surface area contributed by atoms with Crippen molar-refractivity contribution in [3.05, 3.63) is 113 Å². The van der Waals surface area contributed by atoms with Crippen LogP contribution in [0, 0.1) is 62.9 Å². The van der Waals surface area contributed by atoms with Crippen LogP contribution >= 0.6 is 0 Å². The Balaban J connectivity index is 1.35. The normalized spacial score (nSPS) is 21.2. The number of carbonyl (C=O) groups excluding carboxylic acids is 8. The van der Waals surface area contributed by atoms with Crippen LogP contribution in [-0.4, -0.2) is 219 Å². The minimum absolute atomic E-state index is 0.0208. The lowest BCUT2D eigenvalue weighted by Crippen LogP contribution is -2.44. The van der Waals surface area contributed by atoms with E-state index in [4.69, 9.17) is 51.0 Å². The van der Waals surface area contributed by atoms with Gasteiger partial charge in [-0.3, -0.25) is 9.59 Å². The van der Waals surface area contributed by atoms with E-state index in [2.05, 4.69) is 9.69 Å². The number of esters is 8. The molecule has 4 fully saturated rings. The summed E-state index contributed by atoms with van der Waals surface area (Å²) < 4.78 is 48.5. The molecule has 0 aromatic heterocycles. The Morgan fingerprint density at radius 3 is 0.796 bits per heavy atom. The van der Waals surface area contributed by atoms with Crippen molar-refractivity contribution in [1.82, 2.24) is 19.6 Å². The number of likely N-dealkylation sites (tertiary alicyclic amines) is 4. The summed E-state index contributed by atoms with van der Waals surface area (Å²) in [6.07, 6.45) is 9.91. The molecule has 28 nitrogen and oxygen atoms in total. The molecule has 0 radical (unpaired) electrons. The van der Waals surface area contributed by atoms with Crippen LogP contribution in [0.25, 0.3) is 9.69 Å². The fourth-order valence-electron chi connectivity index (χ4n) is 16.4. The number of allylic oxidation sites excluding steroid dienone is 4. The average molecular weight is 1570 g/mol. The van der Waals surface area contributed by atoms with Crippen LogP contribution in [0.2, 0.25) is 0 Å². The summed E-state index contributed by atoms with van der Waals surface area (Å²) in [4.78, 5) is 137. The molecule has 0 atom stereocenters. The van der Waals surface area contributed by atoms with Gasteiger partial charge in [0.15, 0.2) is 0 Å². The molecule has 28 heteroatoms. The van der Waals surface area contributed by atoms with Crippen LogP contribution < -0.4 is 0 Å². The molecular weight excluding hydrogens is 1450 g/mol. The lowest BCUT2D eigenvalue weighted by Gasteiger charge is -2.39. The third kappa shape index (κ3) is 23.4. The zero-order valence-electron chi connectivity index (χ0n) is 67.5. The van der Waals surface area contributed by atoms with Crippen LogP contribution in [-0.2, 0) is 76.3 Å². The van der Waals surface area contributed by atoms with Crippen LogP contribution in [0.5, 0.6) is 0 Å². The summed E-state index contributed by atoms with van der Waals surface area (Å²) >= 11 is 0. The van der Waals surface area contributed by atoms with Crippen molar-refractivity contribution in [1.29, 1.82) is 10.5 Å². The molecule has 0 unspecified atom stereocenters. The number of nitriles is 2. The standard InChI is InChI=1S/C85H116N8O20/c1-81(2)43-57(67(75(100)106-39-23-19-35-94)63(47-81)90-27-11-12-28-90)61(51-86)73(98)110-53-85(54-111-74(99)62(52-87)58-44-82(3,4)48-64(91-29-13-14-30-91)68(58)76(101)107-40-24-20-36-95,55-112-79(104)71(88-9)59-45-83(5,6)49-65(92-31-15-16-32-92)69(59)77(102)108-41-25-21-37-96)56-113-80(105)72(89-10)60-46-84(7,8)50-66(93-33-17-18-34-93)70(60)78(103)109-42-26-22-38-97/h94-97H,11-50,53-56H2,1-8H3/b61-57+,62-58+,71-59-,72-60+. The fourth-order valence-corrected chi connectivity index (χ4v) is 16.4. The van der Waals surface area contributed by atoms with Crippen molar-refractivity contribution in [3.8, 4) is 12.1 Å². The number of hydrogen-bond donors (Lipinski definition) is 4. The van der Waals surface area contributed by atoms with Gasteiger partial charge in [-0.25, -0.2) is 38.5 Å². The van der Waals surface area contributed by atoms with Crippen LogP contribution in [0.1, 0.15) is 209 Å². The third-order valence-corrected chi connectivity index (χ3v) is 21.9. The largest absolute Gasteiger partial charge is 0.470 e. The second-order valence-electron chi connectivity index (χ2n) is 34.0. The zero-order chi connectivity index (χ0) is 82.3. The summed E-state index contributed by atoms with van der Waals surface area (Å²) in [7, 11) is 0. The van der Waals surface area contributed by atoms with E-state index in [1.807, 2.05) is 87.1 Å². The van der Waals surface area contributed by atoms with Gasteiger partial charge in [0.2, 0.25) is 0 Å². The highest BCUT2D eigenvalue weighted by Crippen LogP contribution is 2.51. The molecule has 8 aliphatic rings. The van der Waals surface area contributed by atoms with Gasteiger partial charge in [0.25, 0.3) is 11.4 Å². The van der Waals surface area contributed by atoms with Crippen molar-refractivity contribution in [2.45, 2.75) is 209 Å². The Bertz CT molecular complexity index is 3490. The molecule has 0 spiro atoms. The van der Waals surface area contributed by atoms with Crippen molar-refractivity contribution >= 4 is 47.8 Å². The number of nitrogens with zero attached hydrogens (tertiary/aromatic N) is 8. The van der Waals surface area contributed by atoms with Gasteiger partial charge < -0.3 is 77.9 Å². The summed E-state index contributed by atoms with van der Waals surface area (Å²) in [5.74, 6) is -8.78. The molecule has 113 heavy (non-hydrogen) atoms. The van der Waals surface area contributed by atoms with Crippen molar-refractivity contribution < 1.29 is 96.7 Å². The van der Waals surface area contributed by atoms with Gasteiger partial charge in [-0.15, -0.1) is 0 Å². The molecule has 0 saturated carbocycles. The number of hydrogen-bond acceptors (Lipinski definition) is 26. The van der Waals surface area contributed by atoms with Gasteiger partial charge in [-0.2, -0.15) is 10.5 Å². The Morgan fingerprint density at radius 2 is 0.575 bits per heavy atom. The van der Waals surface area contributed by atoms with Gasteiger partial charge in [0.1, 0.15) is 55.1 Å². The molecule has 4 saturated heterocycles. The predicted octanol–water partition coefficient (Wildman–Crippen LogP) is 10.1. The minimum atomic E-state index is -2.44.